The van der Waals surface area contributed by atoms with Crippen molar-refractivity contribution < 1.29 is 0 Å². The van der Waals surface area contributed by atoms with E-state index in [1.807, 2.05) is 0 Å². The summed E-state index contributed by atoms with van der Waals surface area (Å²) in [6, 6.07) is 9.36. The summed E-state index contributed by atoms with van der Waals surface area (Å²) < 4.78 is 0. The van der Waals surface area contributed by atoms with Crippen LogP contribution in [0.1, 0.15) is 24.1 Å². The van der Waals surface area contributed by atoms with Gasteiger partial charge in [-0.3, -0.25) is 4.90 Å². The highest BCUT2D eigenvalue weighted by atomic mass is 35.5. The quantitative estimate of drug-likeness (QED) is 0.618. The number of nitrogens with zero attached hydrogens (tertiary/aromatic N) is 1. The third-order valence-electron chi connectivity index (χ3n) is 2.90. The predicted octanol–water partition coefficient (Wildman–Crippen LogP) is 2.66. The molecule has 2 rings (SSSR count). The monoisotopic (exact) mass is 197 g/mol. The zero-order valence-electron chi connectivity index (χ0n) is 8.16. The molecule has 0 fully saturated rings. The SMILES string of the molecule is CC1c2ccccc2CCN1C.Cl. The van der Waals surface area contributed by atoms with Crippen molar-refractivity contribution in [1.29, 1.82) is 0 Å². The van der Waals surface area contributed by atoms with Crippen LogP contribution in [-0.4, -0.2) is 18.5 Å². The zero-order valence-corrected chi connectivity index (χ0v) is 8.97. The topological polar surface area (TPSA) is 3.24 Å². The van der Waals surface area contributed by atoms with Crippen LogP contribution in [0, 0.1) is 0 Å². The number of hydrogen-bond acceptors (Lipinski definition) is 1. The summed E-state index contributed by atoms with van der Waals surface area (Å²) >= 11 is 0. The Kier molecular flexibility index (Phi) is 3.34. The van der Waals surface area contributed by atoms with Crippen LogP contribution >= 0.6 is 12.4 Å². The molecule has 1 aliphatic heterocycles. The minimum absolute atomic E-state index is 0. The summed E-state index contributed by atoms with van der Waals surface area (Å²) in [4.78, 5) is 2.41. The Labute approximate surface area is 86.2 Å². The van der Waals surface area contributed by atoms with Crippen LogP contribution in [0.25, 0.3) is 0 Å². The van der Waals surface area contributed by atoms with Gasteiger partial charge >= 0.3 is 0 Å². The first kappa shape index (κ1) is 10.6. The number of halogens is 1. The smallest absolute Gasteiger partial charge is 0.0319 e. The lowest BCUT2D eigenvalue weighted by Crippen LogP contribution is -2.30. The Morgan fingerprint density at radius 3 is 2.77 bits per heavy atom. The maximum absolute atomic E-state index is 2.41. The summed E-state index contributed by atoms with van der Waals surface area (Å²) in [5.74, 6) is 0. The molecule has 0 N–H and O–H groups in total. The van der Waals surface area contributed by atoms with Gasteiger partial charge in [0, 0.05) is 12.6 Å². The lowest BCUT2D eigenvalue weighted by Gasteiger charge is -2.31. The van der Waals surface area contributed by atoms with Crippen molar-refractivity contribution in [3.05, 3.63) is 35.4 Å². The second-order valence-electron chi connectivity index (χ2n) is 3.61. The second-order valence-corrected chi connectivity index (χ2v) is 3.61. The van der Waals surface area contributed by atoms with Crippen LogP contribution in [0.5, 0.6) is 0 Å². The Balaban J connectivity index is 0.000000845. The van der Waals surface area contributed by atoms with Crippen molar-refractivity contribution in [2.75, 3.05) is 13.6 Å². The lowest BCUT2D eigenvalue weighted by molar-refractivity contribution is 0.247. The molecule has 0 bridgehead atoms. The largest absolute Gasteiger partial charge is 0.299 e. The van der Waals surface area contributed by atoms with E-state index in [9.17, 15) is 0 Å². The molecule has 1 heterocycles. The molecular formula is C11H16ClN. The fourth-order valence-corrected chi connectivity index (χ4v) is 1.90. The number of likely N-dealkylation sites (N-methyl/N-ethyl adjacent to an activating group) is 1. The molecule has 13 heavy (non-hydrogen) atoms. The summed E-state index contributed by atoms with van der Waals surface area (Å²) in [7, 11) is 2.20. The summed E-state index contributed by atoms with van der Waals surface area (Å²) in [5, 5.41) is 0. The van der Waals surface area contributed by atoms with Gasteiger partial charge in [0.25, 0.3) is 0 Å². The molecule has 0 radical (unpaired) electrons. The first-order valence-electron chi connectivity index (χ1n) is 4.57. The van der Waals surface area contributed by atoms with Crippen LogP contribution in [0.15, 0.2) is 24.3 Å². The third-order valence-corrected chi connectivity index (χ3v) is 2.90. The molecular weight excluding hydrogens is 182 g/mol. The van der Waals surface area contributed by atoms with Crippen molar-refractivity contribution in [2.45, 2.75) is 19.4 Å². The molecule has 0 saturated carbocycles. The molecule has 72 valence electrons. The maximum Gasteiger partial charge on any atom is 0.0319 e. The average Bonchev–Trinajstić information content (AvgIpc) is 2.12. The van der Waals surface area contributed by atoms with E-state index in [1.54, 1.807) is 0 Å². The van der Waals surface area contributed by atoms with Crippen LogP contribution in [0.4, 0.5) is 0 Å². The van der Waals surface area contributed by atoms with E-state index in [0.717, 1.165) is 0 Å². The van der Waals surface area contributed by atoms with Gasteiger partial charge in [0.15, 0.2) is 0 Å². The molecule has 1 aromatic rings. The molecule has 0 aliphatic carbocycles. The summed E-state index contributed by atoms with van der Waals surface area (Å²) in [6.07, 6.45) is 1.21. The zero-order chi connectivity index (χ0) is 8.55. The number of fused-ring (bicyclic) bond motifs is 1. The van der Waals surface area contributed by atoms with Gasteiger partial charge in [-0.2, -0.15) is 0 Å². The van der Waals surface area contributed by atoms with Gasteiger partial charge in [-0.05, 0) is 31.5 Å². The van der Waals surface area contributed by atoms with Crippen LogP contribution < -0.4 is 0 Å². The fourth-order valence-electron chi connectivity index (χ4n) is 1.90. The minimum atomic E-state index is 0. The van der Waals surface area contributed by atoms with Gasteiger partial charge in [-0.15, -0.1) is 12.4 Å². The highest BCUT2D eigenvalue weighted by molar-refractivity contribution is 5.85. The summed E-state index contributed by atoms with van der Waals surface area (Å²) in [5.41, 5.74) is 3.04. The van der Waals surface area contributed by atoms with Crippen molar-refractivity contribution >= 4 is 12.4 Å². The van der Waals surface area contributed by atoms with Crippen LogP contribution in [0.2, 0.25) is 0 Å². The van der Waals surface area contributed by atoms with Crippen molar-refractivity contribution in [2.24, 2.45) is 0 Å². The van der Waals surface area contributed by atoms with E-state index < -0.39 is 0 Å². The van der Waals surface area contributed by atoms with Crippen molar-refractivity contribution in [3.63, 3.8) is 0 Å². The van der Waals surface area contributed by atoms with E-state index in [-0.39, 0.29) is 12.4 Å². The van der Waals surface area contributed by atoms with Gasteiger partial charge in [0.2, 0.25) is 0 Å². The van der Waals surface area contributed by atoms with E-state index >= 15 is 0 Å². The fraction of sp³-hybridized carbons (Fsp3) is 0.455. The molecule has 1 unspecified atom stereocenters. The molecule has 0 spiro atoms. The molecule has 1 aliphatic rings. The van der Waals surface area contributed by atoms with Crippen LogP contribution in [0.3, 0.4) is 0 Å². The van der Waals surface area contributed by atoms with E-state index in [4.69, 9.17) is 0 Å². The van der Waals surface area contributed by atoms with Gasteiger partial charge in [-0.1, -0.05) is 24.3 Å². The molecule has 0 saturated heterocycles. The predicted molar refractivity (Wildman–Crippen MR) is 58.4 cm³/mol. The molecule has 1 aromatic carbocycles. The van der Waals surface area contributed by atoms with E-state index in [1.165, 1.54) is 24.1 Å². The first-order valence-corrected chi connectivity index (χ1v) is 4.57. The second kappa shape index (κ2) is 4.12. The van der Waals surface area contributed by atoms with Gasteiger partial charge in [0.1, 0.15) is 0 Å². The molecule has 1 atom stereocenters. The highest BCUT2D eigenvalue weighted by Gasteiger charge is 2.19. The first-order chi connectivity index (χ1) is 5.79. The number of rotatable bonds is 0. The Morgan fingerprint density at radius 1 is 1.31 bits per heavy atom. The molecule has 0 aromatic heterocycles. The number of benzene rings is 1. The Hall–Kier alpha value is -0.530. The molecule has 1 nitrogen and oxygen atoms in total. The molecule has 0 amide bonds. The highest BCUT2D eigenvalue weighted by Crippen LogP contribution is 2.27. The van der Waals surface area contributed by atoms with Gasteiger partial charge < -0.3 is 0 Å². The van der Waals surface area contributed by atoms with E-state index in [2.05, 4.69) is 43.1 Å². The van der Waals surface area contributed by atoms with Gasteiger partial charge in [0.05, 0.1) is 0 Å². The average molecular weight is 198 g/mol. The number of hydrogen-bond donors (Lipinski definition) is 0. The van der Waals surface area contributed by atoms with Gasteiger partial charge in [-0.25, -0.2) is 0 Å². The lowest BCUT2D eigenvalue weighted by atomic mass is 9.94. The van der Waals surface area contributed by atoms with E-state index in [0.29, 0.717) is 6.04 Å². The normalized spacial score (nSPS) is 21.8. The van der Waals surface area contributed by atoms with Crippen LogP contribution in [-0.2, 0) is 6.42 Å². The van der Waals surface area contributed by atoms with Crippen molar-refractivity contribution in [3.8, 4) is 0 Å². The summed E-state index contributed by atoms with van der Waals surface area (Å²) in [6.45, 7) is 3.47. The maximum atomic E-state index is 2.41. The third kappa shape index (κ3) is 1.87. The Morgan fingerprint density at radius 2 is 2.00 bits per heavy atom. The van der Waals surface area contributed by atoms with Crippen molar-refractivity contribution in [1.82, 2.24) is 4.90 Å². The Bertz CT molecular complexity index is 285. The standard InChI is InChI=1S/C11H15N.ClH/c1-9-11-6-4-3-5-10(11)7-8-12(9)2;/h3-6,9H,7-8H2,1-2H3;1H. The molecule has 2 heteroatoms. The minimum Gasteiger partial charge on any atom is -0.299 e.